The van der Waals surface area contributed by atoms with Crippen molar-refractivity contribution >= 4 is 66.2 Å². The Morgan fingerprint density at radius 1 is 1.00 bits per heavy atom. The molecule has 334 valence electrons. The number of aliphatic carboxylic acids is 2. The molecule has 1 unspecified atom stereocenters. The SMILES string of the molecule is CC(C)OCC(=O)OCOP(=O)(CO[C@H](C)Cn1cnc2c(N)ncnc21)OCOC(=O)OC(C)C.Nc1nc(=O)n([C@@H]2CS[C@H](CO)O2)cc1F.O=C(O)/C=C/C(=O)O. The number of anilines is 2. The first-order valence-corrected chi connectivity index (χ1v) is 20.1. The van der Waals surface area contributed by atoms with Gasteiger partial charge < -0.3 is 59.8 Å². The Bertz CT molecular complexity index is 2000. The number of hydrogen-bond acceptors (Lipinski definition) is 22. The fourth-order valence-corrected chi connectivity index (χ4v) is 6.03. The third-order valence-corrected chi connectivity index (χ3v) is 9.23. The predicted octanol–water partition coefficient (Wildman–Crippen LogP) is 1.70. The highest BCUT2D eigenvalue weighted by molar-refractivity contribution is 8.00. The Morgan fingerprint density at radius 2 is 1.65 bits per heavy atom. The van der Waals surface area contributed by atoms with Gasteiger partial charge in [-0.15, -0.1) is 11.8 Å². The molecular weight excluding hydrogens is 850 g/mol. The standard InChI is InChI=1S/C20H32N5O10P.C8H10FN3O3S.C4H4O4/c1-13(2)29-7-16(26)30-10-33-36(28,34-11-31-20(27)35-14(3)4)12-32-15(5)6-25-9-24-17-18(21)22-8-23-19(17)25;9-4-1-12(8(14)11-7(4)10)5-3-16-6(2-13)15-5;5-3(6)1-2-4(7)8/h8-9,13-15H,6-7,10-12H2,1-5H3,(H2,21,22,23);1,5-6,13H,2-3H2,(H2,10,11,14);1-2H,(H,5,6)(H,7,8)/b;;2-1+/t15-,36?;5-,6+;/m10./s1. The zero-order valence-electron chi connectivity index (χ0n) is 32.9. The van der Waals surface area contributed by atoms with E-state index in [1.807, 2.05) is 0 Å². The van der Waals surface area contributed by atoms with Crippen molar-refractivity contribution in [1.29, 1.82) is 0 Å². The van der Waals surface area contributed by atoms with Crippen LogP contribution in [0.25, 0.3) is 11.2 Å². The largest absolute Gasteiger partial charge is 0.510 e. The number of hydrogen-bond donors (Lipinski definition) is 5. The number of aliphatic hydroxyl groups is 1. The van der Waals surface area contributed by atoms with E-state index in [1.165, 1.54) is 24.4 Å². The van der Waals surface area contributed by atoms with E-state index in [0.29, 0.717) is 29.1 Å². The molecule has 0 saturated carbocycles. The van der Waals surface area contributed by atoms with Crippen molar-refractivity contribution in [3.63, 3.8) is 0 Å². The van der Waals surface area contributed by atoms with Gasteiger partial charge in [0, 0.05) is 17.9 Å². The number of aliphatic hydroxyl groups excluding tert-OH is 1. The van der Waals surface area contributed by atoms with Crippen LogP contribution in [-0.4, -0.2) is 131 Å². The molecule has 0 radical (unpaired) electrons. The van der Waals surface area contributed by atoms with Crippen molar-refractivity contribution in [2.24, 2.45) is 0 Å². The van der Waals surface area contributed by atoms with Crippen molar-refractivity contribution in [1.82, 2.24) is 29.1 Å². The minimum Gasteiger partial charge on any atom is -0.478 e. The molecule has 0 amide bonds. The average Bonchev–Trinajstić information content (AvgIpc) is 3.82. The van der Waals surface area contributed by atoms with Gasteiger partial charge in [-0.25, -0.2) is 43.3 Å². The number of carboxylic acid groups (broad SMARTS) is 2. The Kier molecular flexibility index (Phi) is 21.5. The van der Waals surface area contributed by atoms with Gasteiger partial charge in [0.05, 0.1) is 44.0 Å². The first-order chi connectivity index (χ1) is 28.2. The van der Waals surface area contributed by atoms with Gasteiger partial charge in [0.15, 0.2) is 23.1 Å². The number of rotatable bonds is 19. The highest BCUT2D eigenvalue weighted by Gasteiger charge is 2.30. The van der Waals surface area contributed by atoms with Crippen LogP contribution in [0.1, 0.15) is 40.8 Å². The number of esters is 1. The molecule has 1 fully saturated rings. The number of thioether (sulfide) groups is 1. The molecule has 1 aliphatic heterocycles. The normalized spacial score (nSPS) is 16.4. The molecule has 4 atom stereocenters. The Morgan fingerprint density at radius 3 is 2.23 bits per heavy atom. The molecule has 3 aromatic rings. The molecule has 0 aliphatic carbocycles. The maximum absolute atomic E-state index is 13.1. The van der Waals surface area contributed by atoms with Gasteiger partial charge in [-0.1, -0.05) is 0 Å². The number of carbonyl (C=O) groups is 4. The first-order valence-electron chi connectivity index (χ1n) is 17.3. The molecule has 25 nitrogen and oxygen atoms in total. The van der Waals surface area contributed by atoms with Gasteiger partial charge in [0.2, 0.25) is 13.6 Å². The molecule has 28 heteroatoms. The fraction of sp³-hybridized carbons (Fsp3) is 0.531. The third-order valence-electron chi connectivity index (χ3n) is 6.66. The monoisotopic (exact) mass is 896 g/mol. The van der Waals surface area contributed by atoms with Crippen LogP contribution in [0, 0.1) is 5.82 Å². The van der Waals surface area contributed by atoms with Crippen molar-refractivity contribution in [3.8, 4) is 0 Å². The fourth-order valence-electron chi connectivity index (χ4n) is 4.01. The lowest BCUT2D eigenvalue weighted by Crippen LogP contribution is -2.29. The highest BCUT2D eigenvalue weighted by atomic mass is 32.2. The minimum absolute atomic E-state index is 0.152. The van der Waals surface area contributed by atoms with E-state index >= 15 is 0 Å². The van der Waals surface area contributed by atoms with Crippen molar-refractivity contribution < 1.29 is 80.9 Å². The molecule has 0 spiro atoms. The second-order valence-electron chi connectivity index (χ2n) is 12.2. The zero-order chi connectivity index (χ0) is 45.0. The number of nitrogen functional groups attached to an aromatic ring is 2. The van der Waals surface area contributed by atoms with Crippen LogP contribution in [0.15, 0.2) is 35.8 Å². The highest BCUT2D eigenvalue weighted by Crippen LogP contribution is 2.48. The zero-order valence-corrected chi connectivity index (χ0v) is 34.6. The summed E-state index contributed by atoms with van der Waals surface area (Å²) in [5.74, 6) is -3.74. The summed E-state index contributed by atoms with van der Waals surface area (Å²) in [7, 11) is -4.05. The number of carboxylic acids is 2. The first kappa shape index (κ1) is 50.9. The minimum atomic E-state index is -4.05. The summed E-state index contributed by atoms with van der Waals surface area (Å²) in [5.41, 5.74) is 10.8. The number of aromatic nitrogens is 6. The Balaban J connectivity index is 0.000000419. The van der Waals surface area contributed by atoms with Crippen LogP contribution in [0.4, 0.5) is 20.8 Å². The summed E-state index contributed by atoms with van der Waals surface area (Å²) >= 11 is 1.35. The molecule has 0 aromatic carbocycles. The van der Waals surface area contributed by atoms with Gasteiger partial charge in [0.1, 0.15) is 36.5 Å². The molecular formula is C32H46FN8O17PS. The lowest BCUT2D eigenvalue weighted by molar-refractivity contribution is -0.157. The smallest absolute Gasteiger partial charge is 0.478 e. The summed E-state index contributed by atoms with van der Waals surface area (Å²) < 4.78 is 69.8. The van der Waals surface area contributed by atoms with Crippen LogP contribution in [-0.2, 0) is 63.0 Å². The predicted molar refractivity (Wildman–Crippen MR) is 205 cm³/mol. The number of nitrogens with zero attached hydrogens (tertiary/aromatic N) is 6. The molecule has 4 heterocycles. The van der Waals surface area contributed by atoms with Crippen molar-refractivity contribution in [3.05, 3.63) is 47.3 Å². The number of imidazole rings is 1. The molecule has 0 bridgehead atoms. The summed E-state index contributed by atoms with van der Waals surface area (Å²) in [4.78, 5) is 69.3. The van der Waals surface area contributed by atoms with Gasteiger partial charge in [-0.3, -0.25) is 18.2 Å². The topological polar surface area (TPSA) is 350 Å². The summed E-state index contributed by atoms with van der Waals surface area (Å²) in [6, 6.07) is 0. The maximum Gasteiger partial charge on any atom is 0.510 e. The molecule has 7 N–H and O–H groups in total. The molecule has 60 heavy (non-hydrogen) atoms. The quantitative estimate of drug-likeness (QED) is 0.0494. The van der Waals surface area contributed by atoms with Crippen molar-refractivity contribution in [2.75, 3.05) is 50.4 Å². The second kappa shape index (κ2) is 25.4. The van der Waals surface area contributed by atoms with Gasteiger partial charge in [-0.05, 0) is 34.6 Å². The van der Waals surface area contributed by atoms with Gasteiger partial charge in [-0.2, -0.15) is 4.98 Å². The number of fused-ring (bicyclic) bond motifs is 1. The molecule has 3 aromatic heterocycles. The summed E-state index contributed by atoms with van der Waals surface area (Å²) in [6.07, 6.45) is 1.63. The van der Waals surface area contributed by atoms with E-state index in [2.05, 4.69) is 19.9 Å². The van der Waals surface area contributed by atoms with E-state index in [4.69, 9.17) is 64.3 Å². The van der Waals surface area contributed by atoms with Crippen LogP contribution in [0.3, 0.4) is 0 Å². The number of ether oxygens (including phenoxy) is 6. The average molecular weight is 897 g/mol. The number of carbonyl (C=O) groups excluding carboxylic acids is 2. The molecule has 1 aliphatic rings. The van der Waals surface area contributed by atoms with E-state index in [9.17, 15) is 32.9 Å². The lowest BCUT2D eigenvalue weighted by Gasteiger charge is -2.21. The van der Waals surface area contributed by atoms with Crippen LogP contribution in [0.5, 0.6) is 0 Å². The second-order valence-corrected chi connectivity index (χ2v) is 15.4. The number of nitrogens with two attached hydrogens (primary N) is 2. The van der Waals surface area contributed by atoms with Gasteiger partial charge in [0.25, 0.3) is 0 Å². The summed E-state index contributed by atoms with van der Waals surface area (Å²) in [5, 5.41) is 24.5. The lowest BCUT2D eigenvalue weighted by atomic mass is 10.4. The third kappa shape index (κ3) is 18.8. The summed E-state index contributed by atoms with van der Waals surface area (Å²) in [6.45, 7) is 6.84. The van der Waals surface area contributed by atoms with Gasteiger partial charge >= 0.3 is 37.3 Å². The van der Waals surface area contributed by atoms with Crippen LogP contribution in [0.2, 0.25) is 0 Å². The van der Waals surface area contributed by atoms with E-state index < -0.39 is 92.8 Å². The molecule has 1 saturated heterocycles. The Labute approximate surface area is 344 Å². The van der Waals surface area contributed by atoms with Crippen molar-refractivity contribution in [2.45, 2.75) is 71.1 Å². The molecule has 4 rings (SSSR count). The number of halogens is 1. The van der Waals surface area contributed by atoms with E-state index in [0.717, 1.165) is 10.8 Å². The van der Waals surface area contributed by atoms with E-state index in [-0.39, 0.29) is 31.7 Å². The van der Waals surface area contributed by atoms with E-state index in [1.54, 1.807) is 39.2 Å². The van der Waals surface area contributed by atoms with Crippen LogP contribution < -0.4 is 17.2 Å². The maximum atomic E-state index is 13.1. The van der Waals surface area contributed by atoms with Crippen LogP contribution >= 0.6 is 19.4 Å². The Hall–Kier alpha value is -5.28.